The molecular weight excluding hydrogens is 288 g/mol. The lowest BCUT2D eigenvalue weighted by molar-refractivity contribution is 0.381. The maximum atomic E-state index is 12.3. The zero-order valence-electron chi connectivity index (χ0n) is 12.7. The lowest BCUT2D eigenvalue weighted by Crippen LogP contribution is -2.49. The van der Waals surface area contributed by atoms with Gasteiger partial charge in [0.05, 0.1) is 17.6 Å². The van der Waals surface area contributed by atoms with Crippen LogP contribution >= 0.6 is 0 Å². The van der Waals surface area contributed by atoms with Crippen LogP contribution in [-0.4, -0.2) is 49.6 Å². The van der Waals surface area contributed by atoms with Gasteiger partial charge >= 0.3 is 0 Å². The molecule has 1 aliphatic heterocycles. The average Bonchev–Trinajstić information content (AvgIpc) is 2.46. The van der Waals surface area contributed by atoms with Gasteiger partial charge in [0.2, 0.25) is 10.0 Å². The van der Waals surface area contributed by atoms with Crippen molar-refractivity contribution in [2.75, 3.05) is 42.6 Å². The quantitative estimate of drug-likeness (QED) is 0.882. The number of pyridine rings is 1. The van der Waals surface area contributed by atoms with E-state index < -0.39 is 10.0 Å². The van der Waals surface area contributed by atoms with Crippen molar-refractivity contribution in [3.63, 3.8) is 0 Å². The Morgan fingerprint density at radius 3 is 2.43 bits per heavy atom. The van der Waals surface area contributed by atoms with Crippen molar-refractivity contribution in [3.05, 3.63) is 18.3 Å². The monoisotopic (exact) mass is 312 g/mol. The minimum absolute atomic E-state index is 0.241. The van der Waals surface area contributed by atoms with E-state index >= 15 is 0 Å². The second-order valence-corrected chi connectivity index (χ2v) is 7.92. The van der Waals surface area contributed by atoms with Gasteiger partial charge in [-0.3, -0.25) is 0 Å². The topological polar surface area (TPSA) is 79.5 Å². The van der Waals surface area contributed by atoms with Gasteiger partial charge in [-0.1, -0.05) is 13.8 Å². The molecule has 0 amide bonds. The molecule has 0 aliphatic carbocycles. The molecule has 1 fully saturated rings. The number of piperazine rings is 1. The molecule has 0 unspecified atom stereocenters. The second-order valence-electron chi connectivity index (χ2n) is 5.83. The molecule has 0 bridgehead atoms. The molecule has 6 nitrogen and oxygen atoms in total. The summed E-state index contributed by atoms with van der Waals surface area (Å²) in [4.78, 5) is 6.37. The van der Waals surface area contributed by atoms with Gasteiger partial charge in [0, 0.05) is 26.2 Å². The lowest BCUT2D eigenvalue weighted by atomic mass is 10.2. The van der Waals surface area contributed by atoms with Gasteiger partial charge in [-0.25, -0.2) is 13.4 Å². The van der Waals surface area contributed by atoms with Crippen LogP contribution in [0.2, 0.25) is 0 Å². The van der Waals surface area contributed by atoms with Gasteiger partial charge in [-0.2, -0.15) is 4.31 Å². The fourth-order valence-electron chi connectivity index (χ4n) is 2.29. The average molecular weight is 312 g/mol. The Labute approximate surface area is 127 Å². The van der Waals surface area contributed by atoms with E-state index in [1.165, 1.54) is 0 Å². The first kappa shape index (κ1) is 16.0. The third kappa shape index (κ3) is 4.31. The maximum absolute atomic E-state index is 12.3. The number of sulfonamides is 1. The van der Waals surface area contributed by atoms with Gasteiger partial charge in [-0.05, 0) is 24.5 Å². The molecule has 21 heavy (non-hydrogen) atoms. The summed E-state index contributed by atoms with van der Waals surface area (Å²) in [5.74, 6) is 1.49. The van der Waals surface area contributed by atoms with E-state index in [4.69, 9.17) is 5.73 Å². The highest BCUT2D eigenvalue weighted by atomic mass is 32.2. The Bertz CT molecular complexity index is 549. The van der Waals surface area contributed by atoms with Crippen LogP contribution in [0.4, 0.5) is 11.5 Å². The molecule has 1 aromatic heterocycles. The van der Waals surface area contributed by atoms with Crippen LogP contribution in [0.15, 0.2) is 18.3 Å². The highest BCUT2D eigenvalue weighted by Crippen LogP contribution is 2.17. The molecule has 0 aromatic carbocycles. The zero-order valence-corrected chi connectivity index (χ0v) is 13.5. The van der Waals surface area contributed by atoms with Crippen molar-refractivity contribution in [1.82, 2.24) is 9.29 Å². The van der Waals surface area contributed by atoms with Crippen LogP contribution in [0.1, 0.15) is 20.3 Å². The van der Waals surface area contributed by atoms with E-state index in [1.807, 2.05) is 26.0 Å². The standard InChI is InChI=1S/C14H24N4O2S/c1-12(2)5-10-21(19,20)18-8-6-17(7-9-18)14-4-3-13(15)11-16-14/h3-4,11-12H,5-10,15H2,1-2H3. The van der Waals surface area contributed by atoms with Crippen LogP contribution in [0.5, 0.6) is 0 Å². The lowest BCUT2D eigenvalue weighted by Gasteiger charge is -2.34. The van der Waals surface area contributed by atoms with Crippen LogP contribution in [0.25, 0.3) is 0 Å². The first-order valence-electron chi connectivity index (χ1n) is 7.33. The number of nitrogens with zero attached hydrogens (tertiary/aromatic N) is 3. The van der Waals surface area contributed by atoms with Crippen molar-refractivity contribution >= 4 is 21.5 Å². The molecule has 2 heterocycles. The number of nitrogen functional groups attached to an aromatic ring is 1. The predicted octanol–water partition coefficient (Wildman–Crippen LogP) is 1.16. The van der Waals surface area contributed by atoms with Crippen LogP contribution in [0.3, 0.4) is 0 Å². The van der Waals surface area contributed by atoms with Gasteiger partial charge < -0.3 is 10.6 Å². The Morgan fingerprint density at radius 2 is 1.90 bits per heavy atom. The van der Waals surface area contributed by atoms with Gasteiger partial charge in [0.15, 0.2) is 0 Å². The smallest absolute Gasteiger partial charge is 0.214 e. The van der Waals surface area contributed by atoms with Crippen LogP contribution < -0.4 is 10.6 Å². The number of anilines is 2. The predicted molar refractivity (Wildman–Crippen MR) is 85.7 cm³/mol. The van der Waals surface area contributed by atoms with Crippen molar-refractivity contribution in [2.45, 2.75) is 20.3 Å². The number of rotatable bonds is 5. The Kier molecular flexibility index (Phi) is 5.05. The third-order valence-corrected chi connectivity index (χ3v) is 5.58. The van der Waals surface area contributed by atoms with E-state index in [0.29, 0.717) is 44.2 Å². The van der Waals surface area contributed by atoms with Gasteiger partial charge in [0.1, 0.15) is 5.82 Å². The third-order valence-electron chi connectivity index (χ3n) is 3.68. The van der Waals surface area contributed by atoms with Crippen molar-refractivity contribution in [1.29, 1.82) is 0 Å². The summed E-state index contributed by atoms with van der Waals surface area (Å²) in [5.41, 5.74) is 6.26. The van der Waals surface area contributed by atoms with E-state index in [1.54, 1.807) is 10.5 Å². The summed E-state index contributed by atoms with van der Waals surface area (Å²) in [5, 5.41) is 0. The zero-order chi connectivity index (χ0) is 15.5. The molecule has 1 saturated heterocycles. The largest absolute Gasteiger partial charge is 0.397 e. The molecule has 2 N–H and O–H groups in total. The maximum Gasteiger partial charge on any atom is 0.214 e. The van der Waals surface area contributed by atoms with E-state index in [2.05, 4.69) is 9.88 Å². The molecular formula is C14H24N4O2S. The molecule has 1 aliphatic rings. The minimum atomic E-state index is -3.12. The molecule has 0 radical (unpaired) electrons. The Hall–Kier alpha value is -1.34. The molecule has 2 rings (SSSR count). The molecule has 0 spiro atoms. The van der Waals surface area contributed by atoms with Gasteiger partial charge in [-0.15, -0.1) is 0 Å². The van der Waals surface area contributed by atoms with E-state index in [0.717, 1.165) is 5.82 Å². The Morgan fingerprint density at radius 1 is 1.24 bits per heavy atom. The SMILES string of the molecule is CC(C)CCS(=O)(=O)N1CCN(c2ccc(N)cn2)CC1. The Balaban J connectivity index is 1.92. The molecule has 0 atom stereocenters. The van der Waals surface area contributed by atoms with E-state index in [9.17, 15) is 8.42 Å². The summed E-state index contributed by atoms with van der Waals surface area (Å²) in [6, 6.07) is 3.69. The number of aromatic nitrogens is 1. The molecule has 7 heteroatoms. The highest BCUT2D eigenvalue weighted by molar-refractivity contribution is 7.89. The summed E-state index contributed by atoms with van der Waals surface area (Å²) < 4.78 is 26.1. The minimum Gasteiger partial charge on any atom is -0.397 e. The summed E-state index contributed by atoms with van der Waals surface area (Å²) >= 11 is 0. The number of hydrogen-bond donors (Lipinski definition) is 1. The molecule has 0 saturated carbocycles. The number of hydrogen-bond acceptors (Lipinski definition) is 5. The van der Waals surface area contributed by atoms with Gasteiger partial charge in [0.25, 0.3) is 0 Å². The molecule has 118 valence electrons. The van der Waals surface area contributed by atoms with Crippen LogP contribution in [-0.2, 0) is 10.0 Å². The first-order valence-corrected chi connectivity index (χ1v) is 8.94. The number of nitrogens with two attached hydrogens (primary N) is 1. The fourth-order valence-corrected chi connectivity index (χ4v) is 4.04. The molecule has 1 aromatic rings. The first-order chi connectivity index (χ1) is 9.88. The van der Waals surface area contributed by atoms with Crippen molar-refractivity contribution in [3.8, 4) is 0 Å². The second kappa shape index (κ2) is 6.62. The van der Waals surface area contributed by atoms with E-state index in [-0.39, 0.29) is 5.75 Å². The summed E-state index contributed by atoms with van der Waals surface area (Å²) in [6.45, 7) is 6.45. The fraction of sp³-hybridized carbons (Fsp3) is 0.643. The highest BCUT2D eigenvalue weighted by Gasteiger charge is 2.27. The van der Waals surface area contributed by atoms with Crippen molar-refractivity contribution in [2.24, 2.45) is 5.92 Å². The van der Waals surface area contributed by atoms with Crippen molar-refractivity contribution < 1.29 is 8.42 Å². The summed E-state index contributed by atoms with van der Waals surface area (Å²) in [6.07, 6.45) is 2.34. The van der Waals surface area contributed by atoms with Crippen LogP contribution in [0, 0.1) is 5.92 Å². The normalized spacial score (nSPS) is 17.4. The summed E-state index contributed by atoms with van der Waals surface area (Å²) in [7, 11) is -3.12.